The van der Waals surface area contributed by atoms with E-state index in [-0.39, 0.29) is 24.9 Å². The van der Waals surface area contributed by atoms with Crippen LogP contribution in [0.15, 0.2) is 65.9 Å². The summed E-state index contributed by atoms with van der Waals surface area (Å²) in [6.07, 6.45) is 5.03. The zero-order chi connectivity index (χ0) is 19.1. The van der Waals surface area contributed by atoms with Gasteiger partial charge in [0, 0.05) is 25.7 Å². The second kappa shape index (κ2) is 8.75. The van der Waals surface area contributed by atoms with Crippen LogP contribution in [0.5, 0.6) is 0 Å². The smallest absolute Gasteiger partial charge is 0.247 e. The summed E-state index contributed by atoms with van der Waals surface area (Å²) < 4.78 is 1.62. The van der Waals surface area contributed by atoms with Crippen molar-refractivity contribution in [1.29, 1.82) is 0 Å². The number of likely N-dealkylation sites (N-methyl/N-ethyl adjacent to an activating group) is 1. The molecule has 7 heteroatoms. The molecule has 3 aromatic rings. The standard InChI is InChI=1S/C20H21N5O2/c1-21-20(27)18(13-22-14-25-10-4-9-23-25)24-19(26)12-15-7-8-16-5-2-3-6-17(16)11-15/h2-11,13,18H,12,14H2,1H3,(H,21,27)(H,24,26). The van der Waals surface area contributed by atoms with E-state index in [1.165, 1.54) is 13.3 Å². The molecule has 138 valence electrons. The number of aromatic nitrogens is 2. The summed E-state index contributed by atoms with van der Waals surface area (Å²) >= 11 is 0. The fourth-order valence-electron chi connectivity index (χ4n) is 2.70. The highest BCUT2D eigenvalue weighted by atomic mass is 16.2. The highest BCUT2D eigenvalue weighted by molar-refractivity contribution is 6.01. The number of benzene rings is 2. The molecule has 2 aromatic carbocycles. The molecule has 2 N–H and O–H groups in total. The molecule has 0 bridgehead atoms. The lowest BCUT2D eigenvalue weighted by molar-refractivity contribution is -0.126. The lowest BCUT2D eigenvalue weighted by Crippen LogP contribution is -2.47. The number of nitrogens with one attached hydrogen (secondary N) is 2. The third kappa shape index (κ3) is 5.01. The Morgan fingerprint density at radius 3 is 2.74 bits per heavy atom. The summed E-state index contributed by atoms with van der Waals surface area (Å²) in [5.41, 5.74) is 0.885. The molecule has 0 aliphatic rings. The SMILES string of the molecule is CNC(=O)C(C=NCn1cccn1)NC(=O)Cc1ccc2ccccc2c1. The van der Waals surface area contributed by atoms with Crippen LogP contribution < -0.4 is 10.6 Å². The highest BCUT2D eigenvalue weighted by Crippen LogP contribution is 2.15. The molecule has 2 amide bonds. The fourth-order valence-corrected chi connectivity index (χ4v) is 2.70. The van der Waals surface area contributed by atoms with Crippen molar-refractivity contribution in [2.24, 2.45) is 4.99 Å². The van der Waals surface area contributed by atoms with Crippen LogP contribution in [0.4, 0.5) is 0 Å². The van der Waals surface area contributed by atoms with Gasteiger partial charge in [0.1, 0.15) is 12.7 Å². The molecule has 1 unspecified atom stereocenters. The topological polar surface area (TPSA) is 88.4 Å². The number of fused-ring (bicyclic) bond motifs is 1. The molecule has 0 aliphatic carbocycles. The number of hydrogen-bond acceptors (Lipinski definition) is 4. The zero-order valence-corrected chi connectivity index (χ0v) is 15.0. The van der Waals surface area contributed by atoms with Crippen molar-refractivity contribution in [2.75, 3.05) is 7.05 Å². The number of hydrogen-bond donors (Lipinski definition) is 2. The van der Waals surface area contributed by atoms with E-state index in [1.54, 1.807) is 23.1 Å². The molecule has 7 nitrogen and oxygen atoms in total. The zero-order valence-electron chi connectivity index (χ0n) is 15.0. The normalized spacial score (nSPS) is 12.2. The molecule has 0 spiro atoms. The predicted octanol–water partition coefficient (Wildman–Crippen LogP) is 1.54. The molecule has 0 aliphatic heterocycles. The second-order valence-corrected chi connectivity index (χ2v) is 6.04. The molecule has 0 radical (unpaired) electrons. The van der Waals surface area contributed by atoms with E-state index < -0.39 is 6.04 Å². The van der Waals surface area contributed by atoms with Crippen molar-refractivity contribution in [3.05, 3.63) is 66.5 Å². The average molecular weight is 363 g/mol. The number of nitrogens with zero attached hydrogens (tertiary/aromatic N) is 3. The van der Waals surface area contributed by atoms with E-state index in [0.29, 0.717) is 0 Å². The monoisotopic (exact) mass is 363 g/mol. The van der Waals surface area contributed by atoms with Crippen LogP contribution in [0, 0.1) is 0 Å². The second-order valence-electron chi connectivity index (χ2n) is 6.04. The van der Waals surface area contributed by atoms with Gasteiger partial charge in [-0.15, -0.1) is 0 Å². The van der Waals surface area contributed by atoms with Crippen molar-refractivity contribution in [3.8, 4) is 0 Å². The van der Waals surface area contributed by atoms with Gasteiger partial charge in [-0.2, -0.15) is 5.10 Å². The van der Waals surface area contributed by atoms with Crippen LogP contribution >= 0.6 is 0 Å². The lowest BCUT2D eigenvalue weighted by atomic mass is 10.0. The first-order chi connectivity index (χ1) is 13.2. The predicted molar refractivity (Wildman–Crippen MR) is 104 cm³/mol. The Bertz CT molecular complexity index is 950. The Kier molecular flexibility index (Phi) is 5.94. The van der Waals surface area contributed by atoms with Gasteiger partial charge in [-0.1, -0.05) is 42.5 Å². The molecule has 0 saturated heterocycles. The minimum Gasteiger partial charge on any atom is -0.357 e. The van der Waals surface area contributed by atoms with Crippen molar-refractivity contribution < 1.29 is 9.59 Å². The molecule has 0 fully saturated rings. The number of carbonyl (C=O) groups excluding carboxylic acids is 2. The summed E-state index contributed by atoms with van der Waals surface area (Å²) in [6, 6.07) is 14.8. The number of amides is 2. The summed E-state index contributed by atoms with van der Waals surface area (Å²) in [6.45, 7) is 0.279. The van der Waals surface area contributed by atoms with Gasteiger partial charge in [-0.25, -0.2) is 0 Å². The van der Waals surface area contributed by atoms with Gasteiger partial charge in [0.2, 0.25) is 11.8 Å². The van der Waals surface area contributed by atoms with Gasteiger partial charge >= 0.3 is 0 Å². The van der Waals surface area contributed by atoms with Crippen LogP contribution in [-0.2, 0) is 22.7 Å². The van der Waals surface area contributed by atoms with E-state index in [1.807, 2.05) is 42.5 Å². The maximum absolute atomic E-state index is 12.4. The average Bonchev–Trinajstić information content (AvgIpc) is 3.20. The first-order valence-electron chi connectivity index (χ1n) is 8.62. The Labute approximate surface area is 157 Å². The molecule has 0 saturated carbocycles. The van der Waals surface area contributed by atoms with E-state index in [9.17, 15) is 9.59 Å². The van der Waals surface area contributed by atoms with E-state index in [2.05, 4.69) is 20.7 Å². The van der Waals surface area contributed by atoms with Gasteiger partial charge < -0.3 is 10.6 Å². The highest BCUT2D eigenvalue weighted by Gasteiger charge is 2.17. The number of aliphatic imine (C=N–C) groups is 1. The number of carbonyl (C=O) groups is 2. The van der Waals surface area contributed by atoms with Crippen molar-refractivity contribution in [3.63, 3.8) is 0 Å². The Balaban J connectivity index is 1.64. The summed E-state index contributed by atoms with van der Waals surface area (Å²) in [5, 5.41) is 11.5. The van der Waals surface area contributed by atoms with E-state index >= 15 is 0 Å². The van der Waals surface area contributed by atoms with Gasteiger partial charge in [0.15, 0.2) is 0 Å². The maximum Gasteiger partial charge on any atom is 0.247 e. The molecule has 27 heavy (non-hydrogen) atoms. The van der Waals surface area contributed by atoms with Crippen LogP contribution in [0.25, 0.3) is 10.8 Å². The minimum atomic E-state index is -0.835. The third-order valence-corrected chi connectivity index (χ3v) is 4.06. The Morgan fingerprint density at radius 2 is 2.00 bits per heavy atom. The molecule has 1 heterocycles. The summed E-state index contributed by atoms with van der Waals surface area (Å²) in [7, 11) is 1.52. The van der Waals surface area contributed by atoms with Crippen LogP contribution in [-0.4, -0.2) is 40.9 Å². The van der Waals surface area contributed by atoms with Gasteiger partial charge in [0.05, 0.1) is 6.42 Å². The molecule has 3 rings (SSSR count). The third-order valence-electron chi connectivity index (χ3n) is 4.06. The molecule has 1 aromatic heterocycles. The quantitative estimate of drug-likeness (QED) is 0.624. The summed E-state index contributed by atoms with van der Waals surface area (Å²) in [5.74, 6) is -0.574. The minimum absolute atomic E-state index is 0.186. The fraction of sp³-hybridized carbons (Fsp3) is 0.200. The van der Waals surface area contributed by atoms with Gasteiger partial charge in [0.25, 0.3) is 0 Å². The van der Waals surface area contributed by atoms with Crippen molar-refractivity contribution in [2.45, 2.75) is 19.1 Å². The molecular weight excluding hydrogens is 342 g/mol. The lowest BCUT2D eigenvalue weighted by Gasteiger charge is -2.13. The number of rotatable bonds is 7. The van der Waals surface area contributed by atoms with E-state index in [0.717, 1.165) is 16.3 Å². The summed E-state index contributed by atoms with van der Waals surface area (Å²) in [4.78, 5) is 28.6. The van der Waals surface area contributed by atoms with E-state index in [4.69, 9.17) is 0 Å². The van der Waals surface area contributed by atoms with Crippen molar-refractivity contribution in [1.82, 2.24) is 20.4 Å². The Hall–Kier alpha value is -3.48. The first-order valence-corrected chi connectivity index (χ1v) is 8.62. The van der Waals surface area contributed by atoms with Crippen molar-refractivity contribution >= 4 is 28.8 Å². The molecular formula is C20H21N5O2. The Morgan fingerprint density at radius 1 is 1.19 bits per heavy atom. The largest absolute Gasteiger partial charge is 0.357 e. The first kappa shape index (κ1) is 18.3. The van der Waals surface area contributed by atoms with Crippen LogP contribution in [0.1, 0.15) is 5.56 Å². The molecule has 1 atom stereocenters. The maximum atomic E-state index is 12.4. The van der Waals surface area contributed by atoms with Gasteiger partial charge in [-0.05, 0) is 22.4 Å². The van der Waals surface area contributed by atoms with Crippen LogP contribution in [0.2, 0.25) is 0 Å². The van der Waals surface area contributed by atoms with Crippen LogP contribution in [0.3, 0.4) is 0 Å². The van der Waals surface area contributed by atoms with Gasteiger partial charge in [-0.3, -0.25) is 19.3 Å².